The van der Waals surface area contributed by atoms with E-state index in [4.69, 9.17) is 23.2 Å². The van der Waals surface area contributed by atoms with Crippen LogP contribution in [0.3, 0.4) is 0 Å². The molecule has 3 rings (SSSR count). The van der Waals surface area contributed by atoms with Crippen LogP contribution >= 0.6 is 35.0 Å². The first-order valence-electron chi connectivity index (χ1n) is 9.42. The molecule has 0 saturated heterocycles. The number of rotatable bonds is 7. The molecule has 0 saturated carbocycles. The summed E-state index contributed by atoms with van der Waals surface area (Å²) in [5, 5.41) is 14.3. The zero-order valence-corrected chi connectivity index (χ0v) is 19.6. The number of aryl methyl sites for hydroxylation is 2. The largest absolute Gasteiger partial charge is 0.468 e. The number of carbonyl (C=O) groups is 2. The molecular weight excluding hydrogens is 459 g/mol. The van der Waals surface area contributed by atoms with Gasteiger partial charge in [0.25, 0.3) is 5.91 Å². The fourth-order valence-corrected chi connectivity index (χ4v) is 4.40. The van der Waals surface area contributed by atoms with Crippen LogP contribution in [0.2, 0.25) is 10.0 Å². The molecule has 164 valence electrons. The molecule has 1 amide bonds. The van der Waals surface area contributed by atoms with Crippen LogP contribution in [0.4, 0.5) is 0 Å². The number of halogens is 2. The van der Waals surface area contributed by atoms with E-state index < -0.39 is 6.04 Å². The lowest BCUT2D eigenvalue weighted by Gasteiger charge is -2.17. The maximum Gasteiger partial charge on any atom is 0.315 e. The van der Waals surface area contributed by atoms with Crippen LogP contribution in [-0.2, 0) is 16.6 Å². The first-order valence-corrected chi connectivity index (χ1v) is 11.2. The van der Waals surface area contributed by atoms with Crippen molar-refractivity contribution >= 4 is 57.7 Å². The van der Waals surface area contributed by atoms with Gasteiger partial charge in [-0.25, -0.2) is 0 Å². The lowest BCUT2D eigenvalue weighted by atomic mass is 10.1. The lowest BCUT2D eigenvalue weighted by Crippen LogP contribution is -2.31. The van der Waals surface area contributed by atoms with Crippen LogP contribution in [0.5, 0.6) is 0 Å². The second kappa shape index (κ2) is 9.96. The van der Waals surface area contributed by atoms with E-state index in [1.165, 1.54) is 18.9 Å². The van der Waals surface area contributed by atoms with Gasteiger partial charge in [-0.15, -0.1) is 11.8 Å². The second-order valence-corrected chi connectivity index (χ2v) is 8.79. The fraction of sp³-hybridized carbons (Fsp3) is 0.273. The zero-order valence-electron chi connectivity index (χ0n) is 17.2. The number of hydrogen-bond acceptors (Lipinski definition) is 5. The highest BCUT2D eigenvalue weighted by atomic mass is 35.5. The number of nitrogens with one attached hydrogen (secondary N) is 1. The number of nitrogens with zero attached hydrogens (tertiary/aromatic N) is 1. The van der Waals surface area contributed by atoms with Gasteiger partial charge in [0.1, 0.15) is 5.69 Å². The van der Waals surface area contributed by atoms with Crippen LogP contribution < -0.4 is 5.32 Å². The van der Waals surface area contributed by atoms with E-state index in [1.54, 1.807) is 17.7 Å². The van der Waals surface area contributed by atoms with Crippen LogP contribution in [0.15, 0.2) is 41.3 Å². The Kier molecular flexibility index (Phi) is 7.54. The molecule has 0 unspecified atom stereocenters. The van der Waals surface area contributed by atoms with E-state index in [1.807, 2.05) is 37.3 Å². The van der Waals surface area contributed by atoms with E-state index in [0.29, 0.717) is 21.1 Å². The van der Waals surface area contributed by atoms with Crippen molar-refractivity contribution in [2.24, 2.45) is 7.05 Å². The summed E-state index contributed by atoms with van der Waals surface area (Å²) in [6, 6.07) is 10.3. The number of aliphatic hydroxyl groups excluding tert-OH is 1. The Morgan fingerprint density at radius 1 is 1.19 bits per heavy atom. The second-order valence-electron chi connectivity index (χ2n) is 6.99. The molecule has 1 heterocycles. The average Bonchev–Trinajstić information content (AvgIpc) is 3.11. The van der Waals surface area contributed by atoms with Gasteiger partial charge in [-0.3, -0.25) is 9.59 Å². The van der Waals surface area contributed by atoms with Gasteiger partial charge in [0.15, 0.2) is 0 Å². The summed E-state index contributed by atoms with van der Waals surface area (Å²) in [6.45, 7) is 1.59. The van der Waals surface area contributed by atoms with Crippen molar-refractivity contribution in [3.63, 3.8) is 0 Å². The predicted octanol–water partition coefficient (Wildman–Crippen LogP) is 4.52. The third-order valence-electron chi connectivity index (χ3n) is 5.00. The van der Waals surface area contributed by atoms with Gasteiger partial charge < -0.3 is 19.7 Å². The lowest BCUT2D eigenvalue weighted by molar-refractivity contribution is -0.137. The summed E-state index contributed by atoms with van der Waals surface area (Å²) in [7, 11) is 3.13. The number of ether oxygens (including phenoxy) is 1. The Bertz CT molecular complexity index is 1130. The van der Waals surface area contributed by atoms with Crippen molar-refractivity contribution in [2.75, 3.05) is 19.5 Å². The van der Waals surface area contributed by atoms with Crippen LogP contribution in [0.25, 0.3) is 10.9 Å². The quantitative estimate of drug-likeness (QED) is 0.383. The van der Waals surface area contributed by atoms with Crippen LogP contribution in [0.1, 0.15) is 27.7 Å². The molecule has 2 N–H and O–H groups in total. The summed E-state index contributed by atoms with van der Waals surface area (Å²) in [5.41, 5.74) is 2.77. The Labute approximate surface area is 194 Å². The number of aliphatic hydroxyl groups is 1. The third kappa shape index (κ3) is 5.01. The highest BCUT2D eigenvalue weighted by Gasteiger charge is 2.21. The van der Waals surface area contributed by atoms with Gasteiger partial charge in [-0.05, 0) is 42.3 Å². The molecule has 2 aromatic carbocycles. The summed E-state index contributed by atoms with van der Waals surface area (Å²) >= 11 is 14.0. The molecule has 6 nitrogen and oxygen atoms in total. The molecule has 0 aliphatic heterocycles. The normalized spacial score (nSPS) is 12.1. The maximum atomic E-state index is 13.0. The SMILES string of the molecule is COC(=O)CSc1ccc([C@@H](CO)NC(=O)c2cc3c(Cl)c(Cl)c(C)cc3n2C)cc1. The first-order chi connectivity index (χ1) is 14.8. The minimum absolute atomic E-state index is 0.211. The number of carbonyl (C=O) groups excluding carboxylic acids is 2. The van der Waals surface area contributed by atoms with Crippen molar-refractivity contribution in [1.82, 2.24) is 9.88 Å². The van der Waals surface area contributed by atoms with E-state index in [0.717, 1.165) is 21.5 Å². The molecule has 9 heteroatoms. The van der Waals surface area contributed by atoms with Crippen molar-refractivity contribution in [2.45, 2.75) is 17.9 Å². The maximum absolute atomic E-state index is 13.0. The average molecular weight is 481 g/mol. The van der Waals surface area contributed by atoms with Crippen LogP contribution in [0, 0.1) is 6.92 Å². The van der Waals surface area contributed by atoms with E-state index >= 15 is 0 Å². The number of benzene rings is 2. The van der Waals surface area contributed by atoms with E-state index in [9.17, 15) is 14.7 Å². The summed E-state index contributed by atoms with van der Waals surface area (Å²) in [6.07, 6.45) is 0. The molecule has 3 aromatic rings. The van der Waals surface area contributed by atoms with Gasteiger partial charge in [-0.1, -0.05) is 35.3 Å². The van der Waals surface area contributed by atoms with Gasteiger partial charge in [0, 0.05) is 17.3 Å². The van der Waals surface area contributed by atoms with Crippen LogP contribution in [-0.4, -0.2) is 41.0 Å². The smallest absolute Gasteiger partial charge is 0.315 e. The molecule has 0 radical (unpaired) electrons. The molecular formula is C22H22Cl2N2O4S. The van der Waals surface area contributed by atoms with Crippen molar-refractivity contribution in [1.29, 1.82) is 0 Å². The number of amides is 1. The molecule has 0 bridgehead atoms. The minimum Gasteiger partial charge on any atom is -0.468 e. The molecule has 0 spiro atoms. The highest BCUT2D eigenvalue weighted by Crippen LogP contribution is 2.35. The Morgan fingerprint density at radius 3 is 2.48 bits per heavy atom. The monoisotopic (exact) mass is 480 g/mol. The van der Waals surface area contributed by atoms with Gasteiger partial charge in [-0.2, -0.15) is 0 Å². The number of aromatic nitrogens is 1. The zero-order chi connectivity index (χ0) is 22.7. The highest BCUT2D eigenvalue weighted by molar-refractivity contribution is 8.00. The standard InChI is InChI=1S/C22H22Cl2N2O4S/c1-12-8-17-15(21(24)20(12)23)9-18(26(17)2)22(29)25-16(10-27)13-4-6-14(7-5-13)31-11-19(28)30-3/h4-9,16,27H,10-11H2,1-3H3,(H,25,29)/t16-/m1/s1. The number of esters is 1. The molecule has 0 fully saturated rings. The number of thioether (sulfide) groups is 1. The van der Waals surface area contributed by atoms with E-state index in [-0.39, 0.29) is 24.2 Å². The Morgan fingerprint density at radius 2 is 1.87 bits per heavy atom. The molecule has 0 aliphatic rings. The minimum atomic E-state index is -0.592. The molecule has 31 heavy (non-hydrogen) atoms. The molecule has 1 atom stereocenters. The summed E-state index contributed by atoms with van der Waals surface area (Å²) in [5.74, 6) is -0.434. The topological polar surface area (TPSA) is 80.6 Å². The van der Waals surface area contributed by atoms with Gasteiger partial charge in [0.2, 0.25) is 0 Å². The summed E-state index contributed by atoms with van der Waals surface area (Å²) < 4.78 is 6.38. The number of fused-ring (bicyclic) bond motifs is 1. The summed E-state index contributed by atoms with van der Waals surface area (Å²) in [4.78, 5) is 25.1. The number of methoxy groups -OCH3 is 1. The Balaban J connectivity index is 1.79. The first kappa shape index (κ1) is 23.5. The van der Waals surface area contributed by atoms with Crippen molar-refractivity contribution in [3.05, 3.63) is 63.3 Å². The predicted molar refractivity (Wildman–Crippen MR) is 124 cm³/mol. The number of hydrogen-bond donors (Lipinski definition) is 2. The Hall–Kier alpha value is -2.19. The fourth-order valence-electron chi connectivity index (χ4n) is 3.21. The van der Waals surface area contributed by atoms with Gasteiger partial charge >= 0.3 is 5.97 Å². The van der Waals surface area contributed by atoms with Crippen molar-refractivity contribution in [3.8, 4) is 0 Å². The van der Waals surface area contributed by atoms with Crippen molar-refractivity contribution < 1.29 is 19.4 Å². The third-order valence-corrected chi connectivity index (χ3v) is 6.96. The van der Waals surface area contributed by atoms with Gasteiger partial charge in [0.05, 0.1) is 41.1 Å². The molecule has 1 aromatic heterocycles. The van der Waals surface area contributed by atoms with E-state index in [2.05, 4.69) is 10.1 Å². The molecule has 0 aliphatic carbocycles.